The van der Waals surface area contributed by atoms with Crippen LogP contribution in [0.4, 0.5) is 9.59 Å². The Labute approximate surface area is 200 Å². The molecule has 0 aliphatic carbocycles. The third-order valence-electron chi connectivity index (χ3n) is 4.18. The van der Waals surface area contributed by atoms with Gasteiger partial charge in [0.1, 0.15) is 24.3 Å². The van der Waals surface area contributed by atoms with Crippen LogP contribution >= 0.6 is 0 Å². The molecule has 34 heavy (non-hydrogen) atoms. The summed E-state index contributed by atoms with van der Waals surface area (Å²) >= 11 is 0. The van der Waals surface area contributed by atoms with Crippen molar-refractivity contribution in [2.45, 2.75) is 71.8 Å². The number of carbonyl (C=O) groups is 4. The average molecular weight is 481 g/mol. The second-order valence-electron chi connectivity index (χ2n) is 8.53. The molecule has 0 saturated carbocycles. The molecule has 0 heterocycles. The highest BCUT2D eigenvalue weighted by atomic mass is 16.6. The lowest BCUT2D eigenvalue weighted by Gasteiger charge is -2.23. The summed E-state index contributed by atoms with van der Waals surface area (Å²) in [4.78, 5) is 48.8. The largest absolute Gasteiger partial charge is 0.445 e. The molecule has 0 unspecified atom stereocenters. The lowest BCUT2D eigenvalue weighted by atomic mass is 10.2. The summed E-state index contributed by atoms with van der Waals surface area (Å²) in [6.45, 7) is 8.85. The summed E-state index contributed by atoms with van der Waals surface area (Å²) in [5.41, 5.74) is 4.48. The van der Waals surface area contributed by atoms with Gasteiger partial charge >= 0.3 is 12.2 Å². The van der Waals surface area contributed by atoms with Gasteiger partial charge in [0, 0.05) is 6.61 Å². The number of rotatable bonds is 11. The van der Waals surface area contributed by atoms with E-state index in [1.165, 1.54) is 6.92 Å². The standard InChI is InChI=1S/C23H36N4O7/c1-6-7-13-32-15-18(25-22(31)34-23(3,4)5)20(29)27-26-19(28)16(2)24-21(30)33-14-17-11-9-8-10-12-17/h8-12,16,18H,6-7,13-15H2,1-5H3,(H,24,30)(H,25,31)(H,26,28)(H,27,29)/t16-,18-/m0/s1. The Bertz CT molecular complexity index is 796. The minimum Gasteiger partial charge on any atom is -0.445 e. The van der Waals surface area contributed by atoms with Crippen LogP contribution in [0, 0.1) is 0 Å². The van der Waals surface area contributed by atoms with Crippen molar-refractivity contribution in [2.75, 3.05) is 13.2 Å². The molecule has 0 bridgehead atoms. The zero-order valence-corrected chi connectivity index (χ0v) is 20.4. The molecule has 0 aliphatic rings. The smallest absolute Gasteiger partial charge is 0.408 e. The lowest BCUT2D eigenvalue weighted by molar-refractivity contribution is -0.131. The summed E-state index contributed by atoms with van der Waals surface area (Å²) in [6.07, 6.45) is 0.118. The SMILES string of the molecule is CCCCOC[C@H](NC(=O)OC(C)(C)C)C(=O)NNC(=O)[C@H](C)NC(=O)OCc1ccccc1. The van der Waals surface area contributed by atoms with Crippen LogP contribution in [0.25, 0.3) is 0 Å². The van der Waals surface area contributed by atoms with Crippen molar-refractivity contribution < 1.29 is 33.4 Å². The third kappa shape index (κ3) is 12.6. The molecule has 190 valence electrons. The number of hydrazine groups is 1. The molecule has 4 amide bonds. The van der Waals surface area contributed by atoms with Gasteiger partial charge in [-0.05, 0) is 39.7 Å². The van der Waals surface area contributed by atoms with E-state index in [2.05, 4.69) is 21.5 Å². The number of amides is 4. The van der Waals surface area contributed by atoms with Crippen molar-refractivity contribution in [2.24, 2.45) is 0 Å². The molecular formula is C23H36N4O7. The molecule has 11 nitrogen and oxygen atoms in total. The Kier molecular flexibility index (Phi) is 12.4. The molecule has 0 aliphatic heterocycles. The lowest BCUT2D eigenvalue weighted by Crippen LogP contribution is -2.57. The number of hydrogen-bond donors (Lipinski definition) is 4. The van der Waals surface area contributed by atoms with Gasteiger partial charge in [-0.2, -0.15) is 0 Å². The number of nitrogens with one attached hydrogen (secondary N) is 4. The van der Waals surface area contributed by atoms with E-state index in [0.29, 0.717) is 6.61 Å². The van der Waals surface area contributed by atoms with Crippen LogP contribution in [0.1, 0.15) is 53.0 Å². The predicted octanol–water partition coefficient (Wildman–Crippen LogP) is 2.16. The molecule has 1 aromatic rings. The van der Waals surface area contributed by atoms with E-state index in [0.717, 1.165) is 18.4 Å². The van der Waals surface area contributed by atoms with Gasteiger partial charge in [-0.25, -0.2) is 9.59 Å². The highest BCUT2D eigenvalue weighted by molar-refractivity contribution is 5.90. The summed E-state index contributed by atoms with van der Waals surface area (Å²) in [7, 11) is 0. The number of hydrogen-bond acceptors (Lipinski definition) is 7. The van der Waals surface area contributed by atoms with E-state index >= 15 is 0 Å². The average Bonchev–Trinajstić information content (AvgIpc) is 2.77. The van der Waals surface area contributed by atoms with Crippen LogP contribution in [0.15, 0.2) is 30.3 Å². The molecular weight excluding hydrogens is 444 g/mol. The fourth-order valence-electron chi connectivity index (χ4n) is 2.41. The second-order valence-corrected chi connectivity index (χ2v) is 8.53. The van der Waals surface area contributed by atoms with Gasteiger partial charge in [0.2, 0.25) is 0 Å². The molecule has 1 aromatic carbocycles. The minimum atomic E-state index is -1.11. The zero-order valence-electron chi connectivity index (χ0n) is 20.4. The Balaban J connectivity index is 2.52. The van der Waals surface area contributed by atoms with Gasteiger partial charge < -0.3 is 24.8 Å². The van der Waals surface area contributed by atoms with Crippen molar-refractivity contribution in [3.63, 3.8) is 0 Å². The summed E-state index contributed by atoms with van der Waals surface area (Å²) in [6, 6.07) is 6.96. The topological polar surface area (TPSA) is 144 Å². The number of alkyl carbamates (subject to hydrolysis) is 2. The Morgan fingerprint density at radius 2 is 1.59 bits per heavy atom. The Morgan fingerprint density at radius 1 is 0.941 bits per heavy atom. The van der Waals surface area contributed by atoms with Crippen LogP contribution in [0.3, 0.4) is 0 Å². The monoisotopic (exact) mass is 480 g/mol. The molecule has 2 atom stereocenters. The first-order chi connectivity index (χ1) is 16.0. The van der Waals surface area contributed by atoms with Gasteiger partial charge in [0.05, 0.1) is 6.61 Å². The maximum Gasteiger partial charge on any atom is 0.408 e. The van der Waals surface area contributed by atoms with Crippen LogP contribution < -0.4 is 21.5 Å². The third-order valence-corrected chi connectivity index (χ3v) is 4.18. The van der Waals surface area contributed by atoms with E-state index < -0.39 is 41.7 Å². The van der Waals surface area contributed by atoms with Crippen molar-refractivity contribution in [3.8, 4) is 0 Å². The van der Waals surface area contributed by atoms with Gasteiger partial charge in [-0.1, -0.05) is 43.7 Å². The van der Waals surface area contributed by atoms with Gasteiger partial charge in [0.15, 0.2) is 0 Å². The predicted molar refractivity (Wildman–Crippen MR) is 124 cm³/mol. The highest BCUT2D eigenvalue weighted by Gasteiger charge is 2.26. The van der Waals surface area contributed by atoms with Crippen LogP contribution in [0.5, 0.6) is 0 Å². The second kappa shape index (κ2) is 14.7. The molecule has 0 aromatic heterocycles. The first-order valence-corrected chi connectivity index (χ1v) is 11.2. The van der Waals surface area contributed by atoms with E-state index in [-0.39, 0.29) is 13.2 Å². The molecule has 4 N–H and O–H groups in total. The summed E-state index contributed by atoms with van der Waals surface area (Å²) in [5.74, 6) is -1.40. The maximum absolute atomic E-state index is 12.5. The minimum absolute atomic E-state index is 0.0494. The van der Waals surface area contributed by atoms with Crippen LogP contribution in [-0.4, -0.2) is 54.9 Å². The fraction of sp³-hybridized carbons (Fsp3) is 0.565. The number of unbranched alkanes of at least 4 members (excludes halogenated alkanes) is 1. The normalized spacial score (nSPS) is 12.6. The number of ether oxygens (including phenoxy) is 3. The molecule has 0 radical (unpaired) electrons. The van der Waals surface area contributed by atoms with E-state index in [1.807, 2.05) is 25.1 Å². The van der Waals surface area contributed by atoms with Gasteiger partial charge in [-0.3, -0.25) is 20.4 Å². The first kappa shape index (κ1) is 28.7. The van der Waals surface area contributed by atoms with E-state index in [9.17, 15) is 19.2 Å². The summed E-state index contributed by atoms with van der Waals surface area (Å²) in [5, 5.41) is 4.80. The highest BCUT2D eigenvalue weighted by Crippen LogP contribution is 2.07. The van der Waals surface area contributed by atoms with Crippen molar-refractivity contribution >= 4 is 24.0 Å². The molecule has 0 spiro atoms. The maximum atomic E-state index is 12.5. The molecule has 0 fully saturated rings. The van der Waals surface area contributed by atoms with Crippen molar-refractivity contribution in [3.05, 3.63) is 35.9 Å². The molecule has 1 rings (SSSR count). The van der Waals surface area contributed by atoms with Gasteiger partial charge in [0.25, 0.3) is 11.8 Å². The van der Waals surface area contributed by atoms with Crippen LogP contribution in [0.2, 0.25) is 0 Å². The van der Waals surface area contributed by atoms with E-state index in [4.69, 9.17) is 14.2 Å². The fourth-order valence-corrected chi connectivity index (χ4v) is 2.41. The number of benzene rings is 1. The molecule has 0 saturated heterocycles. The summed E-state index contributed by atoms with van der Waals surface area (Å²) < 4.78 is 15.7. The first-order valence-electron chi connectivity index (χ1n) is 11.2. The zero-order chi connectivity index (χ0) is 25.6. The van der Waals surface area contributed by atoms with E-state index in [1.54, 1.807) is 32.9 Å². The number of carbonyl (C=O) groups excluding carboxylic acids is 4. The molecule has 11 heteroatoms. The van der Waals surface area contributed by atoms with Crippen LogP contribution in [-0.2, 0) is 30.4 Å². The van der Waals surface area contributed by atoms with Crippen molar-refractivity contribution in [1.82, 2.24) is 21.5 Å². The Hall–Kier alpha value is -3.34. The Morgan fingerprint density at radius 3 is 2.21 bits per heavy atom. The van der Waals surface area contributed by atoms with Crippen molar-refractivity contribution in [1.29, 1.82) is 0 Å². The van der Waals surface area contributed by atoms with Gasteiger partial charge in [-0.15, -0.1) is 0 Å². The quantitative estimate of drug-likeness (QED) is 0.281.